The molecule has 3 aromatic rings. The maximum absolute atomic E-state index is 12.8. The van der Waals surface area contributed by atoms with Crippen molar-refractivity contribution in [2.45, 2.75) is 13.8 Å². The lowest BCUT2D eigenvalue weighted by Crippen LogP contribution is -2.25. The van der Waals surface area contributed by atoms with E-state index in [0.29, 0.717) is 11.4 Å². The number of nitrogens with one attached hydrogen (secondary N) is 1. The van der Waals surface area contributed by atoms with Gasteiger partial charge in [-0.1, -0.05) is 36.4 Å². The second-order valence-corrected chi connectivity index (χ2v) is 6.04. The fourth-order valence-electron chi connectivity index (χ4n) is 2.75. The smallest absolute Gasteiger partial charge is 0.295 e. The predicted molar refractivity (Wildman–Crippen MR) is 101 cm³/mol. The summed E-state index contributed by atoms with van der Waals surface area (Å²) in [6.45, 7) is 3.54. The van der Waals surface area contributed by atoms with Gasteiger partial charge < -0.3 is 10.1 Å². The van der Waals surface area contributed by atoms with Crippen LogP contribution in [-0.2, 0) is 11.8 Å². The fourth-order valence-corrected chi connectivity index (χ4v) is 2.75. The van der Waals surface area contributed by atoms with Crippen molar-refractivity contribution in [3.8, 4) is 11.4 Å². The first-order chi connectivity index (χ1) is 12.5. The Hall–Kier alpha value is -3.28. The van der Waals surface area contributed by atoms with Gasteiger partial charge in [0.2, 0.25) is 0 Å². The Kier molecular flexibility index (Phi) is 4.93. The molecule has 1 aromatic heterocycles. The molecule has 1 N–H and O–H groups in total. The zero-order valence-corrected chi connectivity index (χ0v) is 15.0. The lowest BCUT2D eigenvalue weighted by atomic mass is 10.2. The molecule has 0 saturated carbocycles. The van der Waals surface area contributed by atoms with E-state index in [0.717, 1.165) is 11.3 Å². The Morgan fingerprint density at radius 1 is 1.04 bits per heavy atom. The first-order valence-corrected chi connectivity index (χ1v) is 8.31. The van der Waals surface area contributed by atoms with Gasteiger partial charge in [-0.15, -0.1) is 0 Å². The lowest BCUT2D eigenvalue weighted by molar-refractivity contribution is -0.118. The normalized spacial score (nSPS) is 10.6. The number of anilines is 1. The molecule has 2 aromatic carbocycles. The summed E-state index contributed by atoms with van der Waals surface area (Å²) in [7, 11) is 1.78. The van der Waals surface area contributed by atoms with Crippen molar-refractivity contribution in [3.05, 3.63) is 76.2 Å². The van der Waals surface area contributed by atoms with Gasteiger partial charge in [-0.05, 0) is 37.6 Å². The van der Waals surface area contributed by atoms with Crippen LogP contribution in [0.25, 0.3) is 5.69 Å². The summed E-state index contributed by atoms with van der Waals surface area (Å²) >= 11 is 0. The van der Waals surface area contributed by atoms with E-state index in [4.69, 9.17) is 4.74 Å². The van der Waals surface area contributed by atoms with Crippen molar-refractivity contribution in [2.75, 3.05) is 11.9 Å². The number of para-hydroxylation sites is 2. The number of aromatic nitrogens is 2. The molecule has 0 aliphatic carbocycles. The van der Waals surface area contributed by atoms with E-state index in [1.807, 2.05) is 55.5 Å². The number of hydrogen-bond donors (Lipinski definition) is 1. The fraction of sp³-hybridized carbons (Fsp3) is 0.200. The van der Waals surface area contributed by atoms with Crippen LogP contribution >= 0.6 is 0 Å². The SMILES string of the molecule is Cc1ccccc1OCC(=O)Nc1c(C)n(C)n(-c2ccccc2)c1=O. The third-order valence-electron chi connectivity index (χ3n) is 4.27. The summed E-state index contributed by atoms with van der Waals surface area (Å²) in [4.78, 5) is 25.0. The standard InChI is InChI=1S/C20H21N3O3/c1-14-9-7-8-12-17(14)26-13-18(24)21-19-15(2)22(3)23(20(19)25)16-10-5-4-6-11-16/h4-12H,13H2,1-3H3,(H,21,24). The van der Waals surface area contributed by atoms with E-state index >= 15 is 0 Å². The number of amides is 1. The molecule has 0 aliphatic heterocycles. The van der Waals surface area contributed by atoms with Crippen LogP contribution in [0.2, 0.25) is 0 Å². The van der Waals surface area contributed by atoms with Crippen molar-refractivity contribution in [3.63, 3.8) is 0 Å². The third kappa shape index (κ3) is 3.39. The van der Waals surface area contributed by atoms with Crippen molar-refractivity contribution in [1.29, 1.82) is 0 Å². The topological polar surface area (TPSA) is 65.3 Å². The quantitative estimate of drug-likeness (QED) is 0.769. The molecule has 1 amide bonds. The number of nitrogens with zero attached hydrogens (tertiary/aromatic N) is 2. The number of ether oxygens (including phenoxy) is 1. The van der Waals surface area contributed by atoms with E-state index in [1.54, 1.807) is 24.7 Å². The van der Waals surface area contributed by atoms with Crippen LogP contribution in [-0.4, -0.2) is 21.9 Å². The minimum Gasteiger partial charge on any atom is -0.483 e. The minimum absolute atomic E-state index is 0.163. The molecule has 0 fully saturated rings. The maximum atomic E-state index is 12.8. The number of aryl methyl sites for hydroxylation is 1. The second-order valence-electron chi connectivity index (χ2n) is 6.04. The van der Waals surface area contributed by atoms with E-state index in [1.165, 1.54) is 4.68 Å². The molecule has 134 valence electrons. The van der Waals surface area contributed by atoms with Gasteiger partial charge in [-0.3, -0.25) is 14.3 Å². The van der Waals surface area contributed by atoms with E-state index in [9.17, 15) is 9.59 Å². The van der Waals surface area contributed by atoms with Gasteiger partial charge in [0.05, 0.1) is 11.4 Å². The Morgan fingerprint density at radius 3 is 2.38 bits per heavy atom. The molecule has 26 heavy (non-hydrogen) atoms. The van der Waals surface area contributed by atoms with Gasteiger partial charge in [0, 0.05) is 7.05 Å². The molecule has 0 atom stereocenters. The highest BCUT2D eigenvalue weighted by molar-refractivity contribution is 5.92. The monoisotopic (exact) mass is 351 g/mol. The van der Waals surface area contributed by atoms with Crippen LogP contribution in [0.15, 0.2) is 59.4 Å². The second kappa shape index (κ2) is 7.31. The van der Waals surface area contributed by atoms with E-state index in [-0.39, 0.29) is 23.8 Å². The summed E-state index contributed by atoms with van der Waals surface area (Å²) < 4.78 is 8.78. The zero-order valence-electron chi connectivity index (χ0n) is 15.0. The van der Waals surface area contributed by atoms with Crippen molar-refractivity contribution >= 4 is 11.6 Å². The Labute approximate surface area is 151 Å². The molecular formula is C20H21N3O3. The molecule has 0 aliphatic rings. The molecule has 0 radical (unpaired) electrons. The van der Waals surface area contributed by atoms with E-state index < -0.39 is 0 Å². The van der Waals surface area contributed by atoms with Crippen molar-refractivity contribution in [2.24, 2.45) is 7.05 Å². The molecule has 1 heterocycles. The predicted octanol–water partition coefficient (Wildman–Crippen LogP) is 2.81. The highest BCUT2D eigenvalue weighted by Gasteiger charge is 2.18. The van der Waals surface area contributed by atoms with Crippen LogP contribution in [0.1, 0.15) is 11.3 Å². The largest absolute Gasteiger partial charge is 0.483 e. The molecule has 0 saturated heterocycles. The van der Waals surface area contributed by atoms with Crippen LogP contribution < -0.4 is 15.6 Å². The molecule has 0 unspecified atom stereocenters. The summed E-state index contributed by atoms with van der Waals surface area (Å²) in [6.07, 6.45) is 0. The first kappa shape index (κ1) is 17.5. The van der Waals surface area contributed by atoms with Crippen molar-refractivity contribution in [1.82, 2.24) is 9.36 Å². The number of hydrogen-bond acceptors (Lipinski definition) is 3. The van der Waals surface area contributed by atoms with Crippen LogP contribution in [0.5, 0.6) is 5.75 Å². The summed E-state index contributed by atoms with van der Waals surface area (Å²) in [6, 6.07) is 16.8. The van der Waals surface area contributed by atoms with Gasteiger partial charge >= 0.3 is 0 Å². The van der Waals surface area contributed by atoms with Gasteiger partial charge in [0.25, 0.3) is 11.5 Å². The van der Waals surface area contributed by atoms with Gasteiger partial charge in [0.1, 0.15) is 11.4 Å². The molecular weight excluding hydrogens is 330 g/mol. The third-order valence-corrected chi connectivity index (χ3v) is 4.27. The molecule has 6 nitrogen and oxygen atoms in total. The Bertz CT molecular complexity index is 987. The summed E-state index contributed by atoms with van der Waals surface area (Å²) in [5.41, 5.74) is 2.33. The zero-order chi connectivity index (χ0) is 18.7. The summed E-state index contributed by atoms with van der Waals surface area (Å²) in [5.74, 6) is 0.272. The van der Waals surface area contributed by atoms with Gasteiger partial charge in [-0.25, -0.2) is 4.68 Å². The van der Waals surface area contributed by atoms with Crippen LogP contribution in [0.3, 0.4) is 0 Å². The Balaban J connectivity index is 1.79. The number of carbonyl (C=O) groups is 1. The van der Waals surface area contributed by atoms with Crippen LogP contribution in [0, 0.1) is 13.8 Å². The Morgan fingerprint density at radius 2 is 1.69 bits per heavy atom. The van der Waals surface area contributed by atoms with E-state index in [2.05, 4.69) is 5.32 Å². The van der Waals surface area contributed by atoms with Gasteiger partial charge in [0.15, 0.2) is 6.61 Å². The van der Waals surface area contributed by atoms with Crippen LogP contribution in [0.4, 0.5) is 5.69 Å². The number of benzene rings is 2. The first-order valence-electron chi connectivity index (χ1n) is 8.31. The average Bonchev–Trinajstić information content (AvgIpc) is 2.85. The molecule has 0 spiro atoms. The minimum atomic E-state index is -0.376. The number of rotatable bonds is 5. The molecule has 3 rings (SSSR count). The molecule has 0 bridgehead atoms. The molecule has 6 heteroatoms. The maximum Gasteiger partial charge on any atom is 0.295 e. The summed E-state index contributed by atoms with van der Waals surface area (Å²) in [5, 5.41) is 2.68. The number of carbonyl (C=O) groups excluding carboxylic acids is 1. The average molecular weight is 351 g/mol. The highest BCUT2D eigenvalue weighted by Crippen LogP contribution is 2.17. The van der Waals surface area contributed by atoms with Crippen molar-refractivity contribution < 1.29 is 9.53 Å². The van der Waals surface area contributed by atoms with Gasteiger partial charge in [-0.2, -0.15) is 0 Å². The highest BCUT2D eigenvalue weighted by atomic mass is 16.5. The lowest BCUT2D eigenvalue weighted by Gasteiger charge is -2.08.